The number of carbonyl (C=O) groups is 4. The molecule has 0 aliphatic rings. The van der Waals surface area contributed by atoms with Gasteiger partial charge in [-0.15, -0.1) is 0 Å². The smallest absolute Gasteiger partial charge is 0.408 e. The molecule has 0 saturated carbocycles. The van der Waals surface area contributed by atoms with Crippen molar-refractivity contribution in [3.8, 4) is 45.0 Å². The third-order valence-corrected chi connectivity index (χ3v) is 11.5. The number of carbonyl (C=O) groups excluding carboxylic acids is 4. The lowest BCUT2D eigenvalue weighted by molar-refractivity contribution is -0.124. The van der Waals surface area contributed by atoms with E-state index < -0.39 is 35.5 Å². The average Bonchev–Trinajstić information content (AvgIpc) is 3.36. The molecule has 4 N–H and O–H groups in total. The molecule has 0 bridgehead atoms. The first-order chi connectivity index (χ1) is 34.6. The van der Waals surface area contributed by atoms with Crippen LogP contribution in [0.3, 0.4) is 0 Å². The number of nitrogens with zero attached hydrogens (tertiary/aromatic N) is 4. The van der Waals surface area contributed by atoms with Gasteiger partial charge >= 0.3 is 12.2 Å². The number of nitrogens with one attached hydrogen (secondary N) is 4. The summed E-state index contributed by atoms with van der Waals surface area (Å²) in [6, 6.07) is 34.3. The van der Waals surface area contributed by atoms with Crippen LogP contribution in [0, 0.1) is 0 Å². The summed E-state index contributed by atoms with van der Waals surface area (Å²) in [4.78, 5) is 71.3. The Morgan fingerprint density at radius 1 is 0.444 bits per heavy atom. The fraction of sp³-hybridized carbons (Fsp3) is 0.379. The lowest BCUT2D eigenvalue weighted by Crippen LogP contribution is -2.48. The lowest BCUT2D eigenvalue weighted by atomic mass is 9.97. The number of amides is 4. The molecule has 0 spiro atoms. The molecular formula is C58H70N8O6. The normalized spacial score (nSPS) is 12.2. The van der Waals surface area contributed by atoms with Crippen LogP contribution >= 0.6 is 0 Å². The zero-order valence-corrected chi connectivity index (χ0v) is 42.6. The van der Waals surface area contributed by atoms with E-state index in [-0.39, 0.29) is 11.8 Å². The van der Waals surface area contributed by atoms with Gasteiger partial charge in [-0.25, -0.2) is 9.59 Å². The largest absolute Gasteiger partial charge is 0.444 e. The summed E-state index contributed by atoms with van der Waals surface area (Å²) in [6.07, 6.45) is 12.2. The summed E-state index contributed by atoms with van der Waals surface area (Å²) in [5.74, 6) is -0.551. The van der Waals surface area contributed by atoms with E-state index in [1.807, 2.05) is 72.8 Å². The third-order valence-electron chi connectivity index (χ3n) is 11.5. The van der Waals surface area contributed by atoms with Crippen molar-refractivity contribution >= 4 is 24.0 Å². The maximum atomic E-state index is 13.6. The van der Waals surface area contributed by atoms with Crippen molar-refractivity contribution < 1.29 is 28.7 Å². The number of hydrogen-bond acceptors (Lipinski definition) is 10. The summed E-state index contributed by atoms with van der Waals surface area (Å²) in [7, 11) is 0. The van der Waals surface area contributed by atoms with Crippen LogP contribution < -0.4 is 21.3 Å². The van der Waals surface area contributed by atoms with Gasteiger partial charge in [0.25, 0.3) is 0 Å². The van der Waals surface area contributed by atoms with E-state index in [1.54, 1.807) is 66.3 Å². The van der Waals surface area contributed by atoms with Gasteiger partial charge in [-0.2, -0.15) is 0 Å². The lowest BCUT2D eigenvalue weighted by Gasteiger charge is -2.23. The molecule has 4 aromatic heterocycles. The Labute approximate surface area is 424 Å². The summed E-state index contributed by atoms with van der Waals surface area (Å²) in [5.41, 5.74) is 7.97. The molecule has 4 heterocycles. The first-order valence-electron chi connectivity index (χ1n) is 25.1. The van der Waals surface area contributed by atoms with Gasteiger partial charge in [-0.05, 0) is 189 Å². The molecule has 6 aromatic rings. The van der Waals surface area contributed by atoms with Gasteiger partial charge in [0.15, 0.2) is 0 Å². The molecule has 14 heteroatoms. The number of alkyl carbamates (subject to hydrolysis) is 2. The average molecular weight is 975 g/mol. The Morgan fingerprint density at radius 3 is 1.04 bits per heavy atom. The zero-order chi connectivity index (χ0) is 51.4. The maximum absolute atomic E-state index is 13.6. The maximum Gasteiger partial charge on any atom is 0.408 e. The van der Waals surface area contributed by atoms with E-state index in [4.69, 9.17) is 9.47 Å². The second-order valence-corrected chi connectivity index (χ2v) is 19.9. The van der Waals surface area contributed by atoms with Crippen LogP contribution in [0.4, 0.5) is 9.59 Å². The quantitative estimate of drug-likeness (QED) is 0.0450. The fourth-order valence-corrected chi connectivity index (χ4v) is 8.13. The van der Waals surface area contributed by atoms with Crippen LogP contribution in [0.2, 0.25) is 0 Å². The van der Waals surface area contributed by atoms with Crippen molar-refractivity contribution in [1.29, 1.82) is 0 Å². The highest BCUT2D eigenvalue weighted by molar-refractivity contribution is 5.86. The van der Waals surface area contributed by atoms with Crippen molar-refractivity contribution in [2.24, 2.45) is 0 Å². The minimum atomic E-state index is -0.799. The SMILES string of the molecule is CC(C)(C)OC(=O)NC(CCCc1cc(-c2ccccn2)cc(-c2ccccn2)c1)C(=O)NCCCCCCNC(=O)C(CCCc1cc(-c2ccccn2)cc(-c2ccccn2)c1)NC(=O)OC(C)(C)C. The molecule has 0 aliphatic heterocycles. The molecule has 0 fully saturated rings. The molecule has 72 heavy (non-hydrogen) atoms. The minimum absolute atomic E-state index is 0.275. The molecule has 0 aliphatic carbocycles. The first-order valence-corrected chi connectivity index (χ1v) is 25.1. The van der Waals surface area contributed by atoms with E-state index in [2.05, 4.69) is 77.6 Å². The number of hydrogen-bond donors (Lipinski definition) is 4. The van der Waals surface area contributed by atoms with Gasteiger partial charge in [-0.1, -0.05) is 37.1 Å². The Bertz CT molecular complexity index is 2360. The van der Waals surface area contributed by atoms with Gasteiger partial charge in [-0.3, -0.25) is 29.5 Å². The Morgan fingerprint density at radius 2 is 0.764 bits per heavy atom. The summed E-state index contributed by atoms with van der Waals surface area (Å²) in [6.45, 7) is 11.6. The topological polar surface area (TPSA) is 186 Å². The molecule has 378 valence electrons. The molecule has 4 amide bonds. The molecule has 2 unspecified atom stereocenters. The third kappa shape index (κ3) is 18.4. The molecular weight excluding hydrogens is 905 g/mol. The number of ether oxygens (including phenoxy) is 2. The molecule has 2 atom stereocenters. The predicted molar refractivity (Wildman–Crippen MR) is 282 cm³/mol. The highest BCUT2D eigenvalue weighted by atomic mass is 16.6. The van der Waals surface area contributed by atoms with Crippen molar-refractivity contribution in [2.45, 2.75) is 129 Å². The zero-order valence-electron chi connectivity index (χ0n) is 42.6. The Kier molecular flexibility index (Phi) is 19.9. The minimum Gasteiger partial charge on any atom is -0.444 e. The van der Waals surface area contributed by atoms with E-state index in [9.17, 15) is 19.2 Å². The first kappa shape index (κ1) is 53.9. The predicted octanol–water partition coefficient (Wildman–Crippen LogP) is 10.9. The Balaban J connectivity index is 0.984. The van der Waals surface area contributed by atoms with E-state index >= 15 is 0 Å². The molecule has 0 saturated heterocycles. The molecule has 6 rings (SSSR count). The fourth-order valence-electron chi connectivity index (χ4n) is 8.13. The van der Waals surface area contributed by atoms with Crippen LogP contribution in [-0.4, -0.2) is 80.3 Å². The number of benzene rings is 2. The molecule has 2 aromatic carbocycles. The van der Waals surface area contributed by atoms with Crippen molar-refractivity contribution in [3.05, 3.63) is 145 Å². The van der Waals surface area contributed by atoms with E-state index in [0.29, 0.717) is 64.5 Å². The van der Waals surface area contributed by atoms with Crippen molar-refractivity contribution in [3.63, 3.8) is 0 Å². The van der Waals surface area contributed by atoms with Crippen LogP contribution in [-0.2, 0) is 31.9 Å². The number of rotatable bonds is 23. The number of aryl methyl sites for hydroxylation is 2. The van der Waals surface area contributed by atoms with Gasteiger partial charge in [0, 0.05) is 60.1 Å². The van der Waals surface area contributed by atoms with Gasteiger partial charge in [0.1, 0.15) is 23.3 Å². The van der Waals surface area contributed by atoms with Crippen molar-refractivity contribution in [1.82, 2.24) is 41.2 Å². The molecule has 14 nitrogen and oxygen atoms in total. The monoisotopic (exact) mass is 975 g/mol. The van der Waals surface area contributed by atoms with Crippen LogP contribution in [0.15, 0.2) is 134 Å². The highest BCUT2D eigenvalue weighted by Crippen LogP contribution is 2.29. The Hall–Kier alpha value is -7.48. The molecule has 0 radical (unpaired) electrons. The van der Waals surface area contributed by atoms with Crippen LogP contribution in [0.25, 0.3) is 45.0 Å². The summed E-state index contributed by atoms with van der Waals surface area (Å²) < 4.78 is 11.1. The van der Waals surface area contributed by atoms with Crippen molar-refractivity contribution in [2.75, 3.05) is 13.1 Å². The second kappa shape index (κ2) is 26.7. The van der Waals surface area contributed by atoms with Crippen LogP contribution in [0.5, 0.6) is 0 Å². The highest BCUT2D eigenvalue weighted by Gasteiger charge is 2.26. The van der Waals surface area contributed by atoms with Gasteiger partial charge in [0.05, 0.1) is 22.8 Å². The van der Waals surface area contributed by atoms with Gasteiger partial charge < -0.3 is 30.7 Å². The summed E-state index contributed by atoms with van der Waals surface area (Å²) >= 11 is 0. The van der Waals surface area contributed by atoms with Crippen LogP contribution in [0.1, 0.15) is 104 Å². The number of aromatic nitrogens is 4. The second-order valence-electron chi connectivity index (χ2n) is 19.9. The standard InChI is InChI=1S/C58H70N8O6/c1-57(2,3)71-55(69)65-51(27-19-21-41-35-43(47-23-9-15-29-59-47)39-44(36-41)48-24-10-16-30-60-48)53(67)63-33-13-7-8-14-34-64-54(68)52(66-56(70)72-58(4,5)6)28-20-22-42-37-45(49-25-11-17-31-61-49)40-46(38-42)50-26-12-18-32-62-50/h9-12,15-18,23-26,29-32,35-40,51-52H,7-8,13-14,19-22,27-28,33-34H2,1-6H3,(H,63,67)(H,64,68)(H,65,69)(H,66,70). The number of unbranched alkanes of at least 4 members (excludes halogenated alkanes) is 3. The van der Waals surface area contributed by atoms with E-state index in [1.165, 1.54) is 0 Å². The van der Waals surface area contributed by atoms with E-state index in [0.717, 1.165) is 69.0 Å². The summed E-state index contributed by atoms with van der Waals surface area (Å²) in [5, 5.41) is 11.7. The number of pyridine rings is 4. The van der Waals surface area contributed by atoms with Gasteiger partial charge in [0.2, 0.25) is 11.8 Å².